The standard InChI is InChI=1S/C14H16O5/c1-17-12-6-4-5-10(8-12)7-11(14(16)19-3)9-13(15)18-2/h4-8H,9H2,1-3H3/b11-7+. The molecule has 1 aromatic carbocycles. The number of benzene rings is 1. The molecule has 0 spiro atoms. The molecule has 0 aliphatic carbocycles. The van der Waals surface area contributed by atoms with Gasteiger partial charge in [-0.15, -0.1) is 0 Å². The van der Waals surface area contributed by atoms with Crippen LogP contribution in [-0.2, 0) is 19.1 Å². The van der Waals surface area contributed by atoms with Gasteiger partial charge in [0.2, 0.25) is 0 Å². The van der Waals surface area contributed by atoms with Crippen LogP contribution < -0.4 is 4.74 Å². The Hall–Kier alpha value is -2.30. The number of hydrogen-bond donors (Lipinski definition) is 0. The van der Waals surface area contributed by atoms with Gasteiger partial charge in [-0.05, 0) is 23.8 Å². The fourth-order valence-corrected chi connectivity index (χ4v) is 1.47. The molecule has 0 saturated heterocycles. The predicted molar refractivity (Wildman–Crippen MR) is 69.6 cm³/mol. The molecule has 1 rings (SSSR count). The molecule has 0 amide bonds. The third-order valence-corrected chi connectivity index (χ3v) is 2.44. The average Bonchev–Trinajstić information content (AvgIpc) is 2.45. The third kappa shape index (κ3) is 4.46. The van der Waals surface area contributed by atoms with Gasteiger partial charge in [0.05, 0.1) is 27.8 Å². The average molecular weight is 264 g/mol. The zero-order valence-corrected chi connectivity index (χ0v) is 11.1. The van der Waals surface area contributed by atoms with Crippen LogP contribution >= 0.6 is 0 Å². The van der Waals surface area contributed by atoms with Crippen molar-refractivity contribution < 1.29 is 23.8 Å². The molecule has 0 aromatic heterocycles. The highest BCUT2D eigenvalue weighted by Crippen LogP contribution is 2.17. The Labute approximate surface area is 111 Å². The Kier molecular flexibility index (Phi) is 5.60. The fourth-order valence-electron chi connectivity index (χ4n) is 1.47. The molecule has 0 atom stereocenters. The summed E-state index contributed by atoms with van der Waals surface area (Å²) in [6.07, 6.45) is 1.44. The fraction of sp³-hybridized carbons (Fsp3) is 0.286. The molecule has 0 bridgehead atoms. The van der Waals surface area contributed by atoms with Crippen LogP contribution in [0.15, 0.2) is 29.8 Å². The van der Waals surface area contributed by atoms with Gasteiger partial charge in [0.25, 0.3) is 0 Å². The van der Waals surface area contributed by atoms with Crippen molar-refractivity contribution in [2.45, 2.75) is 6.42 Å². The molecular formula is C14H16O5. The van der Waals surface area contributed by atoms with E-state index in [1.165, 1.54) is 14.2 Å². The second kappa shape index (κ2) is 7.20. The van der Waals surface area contributed by atoms with E-state index >= 15 is 0 Å². The highest BCUT2D eigenvalue weighted by atomic mass is 16.5. The van der Waals surface area contributed by atoms with Crippen LogP contribution in [0.1, 0.15) is 12.0 Å². The van der Waals surface area contributed by atoms with Crippen LogP contribution in [0, 0.1) is 0 Å². The first-order valence-corrected chi connectivity index (χ1v) is 5.60. The minimum absolute atomic E-state index is 0.139. The van der Waals surface area contributed by atoms with Crippen molar-refractivity contribution in [3.05, 3.63) is 35.4 Å². The maximum Gasteiger partial charge on any atom is 0.334 e. The molecule has 0 N–H and O–H groups in total. The maximum atomic E-state index is 11.6. The van der Waals surface area contributed by atoms with Gasteiger partial charge in [-0.3, -0.25) is 4.79 Å². The van der Waals surface area contributed by atoms with Gasteiger partial charge in [-0.1, -0.05) is 12.1 Å². The van der Waals surface area contributed by atoms with Crippen molar-refractivity contribution in [1.82, 2.24) is 0 Å². The highest BCUT2D eigenvalue weighted by molar-refractivity contribution is 5.98. The van der Waals surface area contributed by atoms with E-state index in [-0.39, 0.29) is 12.0 Å². The summed E-state index contributed by atoms with van der Waals surface area (Å²) >= 11 is 0. The number of ether oxygens (including phenoxy) is 3. The first-order valence-electron chi connectivity index (χ1n) is 5.60. The van der Waals surface area contributed by atoms with E-state index in [0.29, 0.717) is 5.75 Å². The molecule has 19 heavy (non-hydrogen) atoms. The van der Waals surface area contributed by atoms with Crippen LogP contribution in [0.5, 0.6) is 5.75 Å². The summed E-state index contributed by atoms with van der Waals surface area (Å²) in [6.45, 7) is 0. The van der Waals surface area contributed by atoms with Crippen LogP contribution in [0.25, 0.3) is 6.08 Å². The lowest BCUT2D eigenvalue weighted by Gasteiger charge is -2.05. The van der Waals surface area contributed by atoms with Crippen LogP contribution in [0.3, 0.4) is 0 Å². The number of esters is 2. The summed E-state index contributed by atoms with van der Waals surface area (Å²) in [4.78, 5) is 22.9. The van der Waals surface area contributed by atoms with E-state index in [2.05, 4.69) is 9.47 Å². The summed E-state index contributed by atoms with van der Waals surface area (Å²) in [5.41, 5.74) is 0.964. The minimum Gasteiger partial charge on any atom is -0.497 e. The molecule has 0 heterocycles. The molecule has 0 fully saturated rings. The number of rotatable bonds is 5. The number of carbonyl (C=O) groups is 2. The molecule has 0 saturated carbocycles. The lowest BCUT2D eigenvalue weighted by atomic mass is 10.1. The van der Waals surface area contributed by atoms with Crippen molar-refractivity contribution in [2.75, 3.05) is 21.3 Å². The smallest absolute Gasteiger partial charge is 0.334 e. The molecule has 0 aliphatic rings. The summed E-state index contributed by atoms with van der Waals surface area (Å²) in [7, 11) is 4.08. The van der Waals surface area contributed by atoms with Gasteiger partial charge < -0.3 is 14.2 Å². The molecule has 1 aromatic rings. The predicted octanol–water partition coefficient (Wildman–Crippen LogP) is 1.81. The number of hydrogen-bond acceptors (Lipinski definition) is 5. The zero-order valence-electron chi connectivity index (χ0n) is 11.1. The number of methoxy groups -OCH3 is 3. The Morgan fingerprint density at radius 3 is 2.47 bits per heavy atom. The molecule has 5 heteroatoms. The topological polar surface area (TPSA) is 61.8 Å². The van der Waals surface area contributed by atoms with Gasteiger partial charge in [0.1, 0.15) is 5.75 Å². The lowest BCUT2D eigenvalue weighted by Crippen LogP contribution is -2.10. The van der Waals surface area contributed by atoms with Crippen LogP contribution in [0.2, 0.25) is 0 Å². The summed E-state index contributed by atoms with van der Waals surface area (Å²) < 4.78 is 14.3. The number of carbonyl (C=O) groups excluding carboxylic acids is 2. The first-order chi connectivity index (χ1) is 9.10. The lowest BCUT2D eigenvalue weighted by molar-refractivity contribution is -0.143. The Morgan fingerprint density at radius 2 is 1.89 bits per heavy atom. The molecular weight excluding hydrogens is 248 g/mol. The SMILES string of the molecule is COC(=O)C/C(=C\c1cccc(OC)c1)C(=O)OC. The second-order valence-electron chi connectivity index (χ2n) is 3.69. The summed E-state index contributed by atoms with van der Waals surface area (Å²) in [5, 5.41) is 0. The zero-order chi connectivity index (χ0) is 14.3. The van der Waals surface area contributed by atoms with Crippen molar-refractivity contribution in [2.24, 2.45) is 0 Å². The van der Waals surface area contributed by atoms with E-state index in [4.69, 9.17) is 4.74 Å². The summed E-state index contributed by atoms with van der Waals surface area (Å²) in [6, 6.07) is 7.12. The normalized spacial score (nSPS) is 10.8. The molecule has 102 valence electrons. The second-order valence-corrected chi connectivity index (χ2v) is 3.69. The van der Waals surface area contributed by atoms with Gasteiger partial charge in [-0.2, -0.15) is 0 Å². The van der Waals surface area contributed by atoms with Crippen molar-refractivity contribution in [1.29, 1.82) is 0 Å². The Morgan fingerprint density at radius 1 is 1.16 bits per heavy atom. The molecule has 5 nitrogen and oxygen atoms in total. The minimum atomic E-state index is -0.562. The Bertz CT molecular complexity index is 490. The van der Waals surface area contributed by atoms with Crippen molar-refractivity contribution in [3.63, 3.8) is 0 Å². The van der Waals surface area contributed by atoms with Gasteiger partial charge in [0, 0.05) is 5.57 Å². The molecule has 0 unspecified atom stereocenters. The Balaban J connectivity index is 3.04. The van der Waals surface area contributed by atoms with E-state index < -0.39 is 11.9 Å². The summed E-state index contributed by atoms with van der Waals surface area (Å²) in [5.74, 6) is -0.399. The van der Waals surface area contributed by atoms with Gasteiger partial charge >= 0.3 is 11.9 Å². The van der Waals surface area contributed by atoms with Crippen LogP contribution in [-0.4, -0.2) is 33.3 Å². The highest BCUT2D eigenvalue weighted by Gasteiger charge is 2.14. The van der Waals surface area contributed by atoms with Gasteiger partial charge in [-0.25, -0.2) is 4.79 Å². The van der Waals surface area contributed by atoms with E-state index in [9.17, 15) is 9.59 Å². The van der Waals surface area contributed by atoms with Crippen molar-refractivity contribution in [3.8, 4) is 5.75 Å². The third-order valence-electron chi connectivity index (χ3n) is 2.44. The van der Waals surface area contributed by atoms with E-state index in [0.717, 1.165) is 5.56 Å². The van der Waals surface area contributed by atoms with Crippen molar-refractivity contribution >= 4 is 18.0 Å². The largest absolute Gasteiger partial charge is 0.497 e. The van der Waals surface area contributed by atoms with Gasteiger partial charge in [0.15, 0.2) is 0 Å². The monoisotopic (exact) mass is 264 g/mol. The van der Waals surface area contributed by atoms with E-state index in [1.807, 2.05) is 0 Å². The first kappa shape index (κ1) is 14.8. The van der Waals surface area contributed by atoms with Crippen LogP contribution in [0.4, 0.5) is 0 Å². The molecule has 0 radical (unpaired) electrons. The quantitative estimate of drug-likeness (QED) is 0.599. The van der Waals surface area contributed by atoms with E-state index in [1.54, 1.807) is 37.5 Å². The maximum absolute atomic E-state index is 11.6. The molecule has 0 aliphatic heterocycles.